The van der Waals surface area contributed by atoms with Crippen LogP contribution in [-0.2, 0) is 58.5 Å². The van der Waals surface area contributed by atoms with Crippen molar-refractivity contribution >= 4 is 162 Å². The Morgan fingerprint density at radius 1 is 0.783 bits per heavy atom. The Hall–Kier alpha value is -6.11. The maximum Gasteiger partial charge on any atom is 0.296 e. The summed E-state index contributed by atoms with van der Waals surface area (Å²) < 4.78 is 116. The number of benzene rings is 4. The van der Waals surface area contributed by atoms with Crippen LogP contribution in [0.4, 0.5) is 39.3 Å². The first-order valence-corrected chi connectivity index (χ1v) is 31.8. The third-order valence-corrected chi connectivity index (χ3v) is 16.2. The van der Waals surface area contributed by atoms with Gasteiger partial charge in [0.15, 0.2) is 15.7 Å². The predicted octanol–water partition coefficient (Wildman–Crippen LogP) is 9.45. The van der Waals surface area contributed by atoms with Gasteiger partial charge in [0.25, 0.3) is 41.4 Å². The molecule has 0 spiro atoms. The number of anilines is 1. The zero-order chi connectivity index (χ0) is 60.6. The first-order chi connectivity index (χ1) is 39.4. The number of carbonyl (C=O) groups is 1. The molecule has 0 fully saturated rings. The number of thioether (sulfide) groups is 1. The summed E-state index contributed by atoms with van der Waals surface area (Å²) in [4.78, 5) is 17.9. The molecule has 10 N–H and O–H groups in total. The van der Waals surface area contributed by atoms with Crippen molar-refractivity contribution in [2.45, 2.75) is 33.9 Å². The van der Waals surface area contributed by atoms with E-state index in [4.69, 9.17) is 35.1 Å². The molecule has 0 aliphatic rings. The van der Waals surface area contributed by atoms with Crippen LogP contribution in [0.1, 0.15) is 28.8 Å². The molecule has 1 amide bonds. The van der Waals surface area contributed by atoms with E-state index in [0.29, 0.717) is 39.6 Å². The van der Waals surface area contributed by atoms with Gasteiger partial charge in [0.05, 0.1) is 58.3 Å². The normalized spacial score (nSPS) is 12.4. The maximum absolute atomic E-state index is 12.9. The standard InChI is InChI=1S/C40H40N12O19S7.CH4O3S/c1-20-32(36(41)54)37-42-23-7-3-4-8-27(23)52(37)38(55)33(20)46-45-26-17-22-21(16-31(26)78(62,63)64)15-30(76-71-68-58)34(35(22)53)47-43-24-19-29(65-2)25(44-48-39-49-50-40(75-39)72-12-13-74-70-67-57)18-28(24)51(9-5-11-73-69-66-56)10-6-14-77(59,60)61;1-5(2,3)4/h3-4,7-8,15-19,53,55-58H,5-6,9-14H2,1-2H3,(H2,41,54)(H,59,60,61)(H,62,63,64);1H3,(H,2,3,4). The van der Waals surface area contributed by atoms with Gasteiger partial charge in [-0.1, -0.05) is 50.3 Å². The number of amides is 1. The van der Waals surface area contributed by atoms with Crippen LogP contribution in [0.15, 0.2) is 99.4 Å². The lowest BCUT2D eigenvalue weighted by Gasteiger charge is -2.26. The van der Waals surface area contributed by atoms with Crippen LogP contribution in [-0.4, -0.2) is 140 Å². The minimum absolute atomic E-state index is 0.00175. The summed E-state index contributed by atoms with van der Waals surface area (Å²) in [6.45, 7) is 1.46. The van der Waals surface area contributed by atoms with E-state index in [1.54, 1.807) is 29.2 Å². The molecule has 0 aliphatic heterocycles. The van der Waals surface area contributed by atoms with E-state index in [9.17, 15) is 49.4 Å². The molecule has 0 saturated carbocycles. The van der Waals surface area contributed by atoms with E-state index >= 15 is 0 Å². The largest absolute Gasteiger partial charge is 0.505 e. The molecule has 0 bridgehead atoms. The highest BCUT2D eigenvalue weighted by Gasteiger charge is 2.26. The van der Waals surface area contributed by atoms with Crippen LogP contribution in [0.3, 0.4) is 0 Å². The van der Waals surface area contributed by atoms with Gasteiger partial charge < -0.3 is 25.6 Å². The zero-order valence-corrected chi connectivity index (χ0v) is 48.9. The molecule has 42 heteroatoms. The lowest BCUT2D eigenvalue weighted by molar-refractivity contribution is -0.432. The SMILES string of the molecule is COc1cc(N=Nc2c(SOOO)cc3cc(S(=O)(=O)O)c(N=Nc4c(C)c(C(N)=O)c5nc6ccccc6n5c4O)cc3c2O)c(N(CCCSOOO)CCCS(=O)(=O)O)cc1N=Nc1nnc(SCCSOOO)s1.CS(=O)(=O)O. The zero-order valence-electron chi connectivity index (χ0n) is 42.4. The summed E-state index contributed by atoms with van der Waals surface area (Å²) in [6.07, 6.45) is 0.882. The summed E-state index contributed by atoms with van der Waals surface area (Å²) in [5, 5.41) is 94.3. The molecular weight excluding hydrogens is 1270 g/mol. The van der Waals surface area contributed by atoms with Crippen molar-refractivity contribution in [1.82, 2.24) is 19.6 Å². The second kappa shape index (κ2) is 30.1. The van der Waals surface area contributed by atoms with Gasteiger partial charge in [-0.25, -0.2) is 20.8 Å². The third-order valence-electron chi connectivity index (χ3n) is 10.6. The number of aromatic hydroxyl groups is 2. The molecule has 0 unspecified atom stereocenters. The summed E-state index contributed by atoms with van der Waals surface area (Å²) in [5.74, 6) is -1.70. The summed E-state index contributed by atoms with van der Waals surface area (Å²) in [6, 6.07) is 12.6. The molecule has 0 atom stereocenters. The Morgan fingerprint density at radius 2 is 1.43 bits per heavy atom. The van der Waals surface area contributed by atoms with Crippen molar-refractivity contribution in [3.05, 3.63) is 65.7 Å². The molecule has 7 rings (SSSR count). The molecule has 83 heavy (non-hydrogen) atoms. The number of azo groups is 3. The Labute approximate surface area is 489 Å². The molecule has 448 valence electrons. The first kappa shape index (κ1) is 66.0. The van der Waals surface area contributed by atoms with Crippen molar-refractivity contribution in [3.63, 3.8) is 0 Å². The lowest BCUT2D eigenvalue weighted by Crippen LogP contribution is -2.27. The Kier molecular flexibility index (Phi) is 24.0. The second-order valence-electron chi connectivity index (χ2n) is 16.1. The number of methoxy groups -OCH3 is 1. The van der Waals surface area contributed by atoms with E-state index < -0.39 is 69.9 Å². The number of rotatable bonds is 29. The van der Waals surface area contributed by atoms with Gasteiger partial charge in [-0.3, -0.25) is 22.9 Å². The minimum Gasteiger partial charge on any atom is -0.505 e. The lowest BCUT2D eigenvalue weighted by atomic mass is 10.1. The van der Waals surface area contributed by atoms with E-state index in [1.807, 2.05) is 0 Å². The van der Waals surface area contributed by atoms with Crippen molar-refractivity contribution in [3.8, 4) is 17.4 Å². The minimum atomic E-state index is -5.16. The molecule has 0 radical (unpaired) electrons. The van der Waals surface area contributed by atoms with Crippen LogP contribution in [0, 0.1) is 6.92 Å². The molecule has 0 saturated heterocycles. The highest BCUT2D eigenvalue weighted by molar-refractivity contribution is 8.02. The smallest absolute Gasteiger partial charge is 0.296 e. The van der Waals surface area contributed by atoms with Gasteiger partial charge in [-0.05, 0) is 67.1 Å². The van der Waals surface area contributed by atoms with Crippen LogP contribution < -0.4 is 15.4 Å². The highest BCUT2D eigenvalue weighted by Crippen LogP contribution is 2.49. The fourth-order valence-electron chi connectivity index (χ4n) is 7.35. The summed E-state index contributed by atoms with van der Waals surface area (Å²) in [5.41, 5.74) is 5.25. The number of hydrogen-bond acceptors (Lipinski definition) is 34. The van der Waals surface area contributed by atoms with Gasteiger partial charge in [0.2, 0.25) is 5.88 Å². The number of carbonyl (C=O) groups excluding carboxylic acids is 1. The van der Waals surface area contributed by atoms with Crippen molar-refractivity contribution in [2.24, 2.45) is 36.4 Å². The quantitative estimate of drug-likeness (QED) is 0.00400. The summed E-state index contributed by atoms with van der Waals surface area (Å²) in [7, 11) is -11.9. The monoisotopic (exact) mass is 1310 g/mol. The fraction of sp³-hybridized carbons (Fsp3) is 0.268. The maximum atomic E-state index is 12.9. The molecular formula is C41H44N12O22S8. The molecule has 3 heterocycles. The van der Waals surface area contributed by atoms with Crippen molar-refractivity contribution in [1.29, 1.82) is 0 Å². The number of nitrogens with zero attached hydrogens (tertiary/aromatic N) is 11. The summed E-state index contributed by atoms with van der Waals surface area (Å²) >= 11 is 4.30. The Morgan fingerprint density at radius 3 is 2.10 bits per heavy atom. The number of phenols is 1. The van der Waals surface area contributed by atoms with E-state index in [-0.39, 0.29) is 103 Å². The van der Waals surface area contributed by atoms with Gasteiger partial charge in [0.1, 0.15) is 39.1 Å². The second-order valence-corrected chi connectivity index (χ2v) is 25.1. The number of para-hydroxylation sites is 2. The third kappa shape index (κ3) is 18.4. The number of fused-ring (bicyclic) bond motifs is 4. The fourth-order valence-corrected chi connectivity index (χ4v) is 11.4. The molecule has 0 aliphatic carbocycles. The predicted molar refractivity (Wildman–Crippen MR) is 300 cm³/mol. The number of nitrogens with two attached hydrogens (primary N) is 1. The van der Waals surface area contributed by atoms with Gasteiger partial charge in [-0.2, -0.15) is 25.3 Å². The van der Waals surface area contributed by atoms with Gasteiger partial charge in [0, 0.05) is 65.9 Å². The molecule has 3 aromatic heterocycles. The van der Waals surface area contributed by atoms with Crippen LogP contribution in [0.5, 0.6) is 17.4 Å². The first-order valence-electron chi connectivity index (χ1n) is 22.5. The number of hydrogen-bond donors (Lipinski definition) is 9. The van der Waals surface area contributed by atoms with Crippen molar-refractivity contribution in [2.75, 3.05) is 54.4 Å². The Bertz CT molecular complexity index is 3900. The number of aromatic nitrogens is 4. The van der Waals surface area contributed by atoms with Crippen LogP contribution >= 0.6 is 59.2 Å². The number of phenolic OH excluding ortho intramolecular Hbond substituents is 1. The molecule has 34 nitrogen and oxygen atoms in total. The molecule has 7 aromatic rings. The number of primary amides is 1. The van der Waals surface area contributed by atoms with Gasteiger partial charge >= 0.3 is 0 Å². The Balaban J connectivity index is 0.00000212. The van der Waals surface area contributed by atoms with Gasteiger partial charge in [-0.15, -0.1) is 53.9 Å². The molecule has 4 aromatic carbocycles. The highest BCUT2D eigenvalue weighted by atomic mass is 32.2. The number of ether oxygens (including phenoxy) is 1. The topological polar surface area (TPSA) is 492 Å². The van der Waals surface area contributed by atoms with Crippen LogP contribution in [0.25, 0.3) is 27.5 Å². The van der Waals surface area contributed by atoms with Crippen molar-refractivity contribution < 1.29 is 103 Å². The van der Waals surface area contributed by atoms with E-state index in [2.05, 4.69) is 69.6 Å². The average Bonchev–Trinajstić information content (AvgIpc) is 2.89. The number of pyridine rings is 1. The van der Waals surface area contributed by atoms with E-state index in [0.717, 1.165) is 47.6 Å². The van der Waals surface area contributed by atoms with Crippen LogP contribution in [0.2, 0.25) is 0 Å². The van der Waals surface area contributed by atoms with E-state index in [1.165, 1.54) is 48.4 Å². The average molecular weight is 1310 g/mol. The number of imidazole rings is 1.